The van der Waals surface area contributed by atoms with Gasteiger partial charge in [0, 0.05) is 30.0 Å². The van der Waals surface area contributed by atoms with E-state index in [1.165, 1.54) is 5.56 Å². The molecule has 0 saturated carbocycles. The number of aryl methyl sites for hydroxylation is 1. The van der Waals surface area contributed by atoms with Crippen molar-refractivity contribution in [3.05, 3.63) is 77.6 Å². The molecule has 1 atom stereocenters. The molecule has 0 fully saturated rings. The molecule has 5 nitrogen and oxygen atoms in total. The number of anilines is 1. The lowest BCUT2D eigenvalue weighted by Crippen LogP contribution is -2.31. The smallest absolute Gasteiger partial charge is 0.258 e. The molecular formula is C23H26N4O. The Morgan fingerprint density at radius 2 is 1.82 bits per heavy atom. The number of hydrogen-bond donors (Lipinski definition) is 0. The van der Waals surface area contributed by atoms with Crippen LogP contribution in [-0.4, -0.2) is 41.2 Å². The van der Waals surface area contributed by atoms with Crippen LogP contribution in [-0.2, 0) is 0 Å². The van der Waals surface area contributed by atoms with Gasteiger partial charge in [0.25, 0.3) is 5.91 Å². The average Bonchev–Trinajstić information content (AvgIpc) is 3.04. The molecule has 28 heavy (non-hydrogen) atoms. The van der Waals surface area contributed by atoms with E-state index in [2.05, 4.69) is 42.3 Å². The molecule has 3 aromatic rings. The predicted molar refractivity (Wildman–Crippen MR) is 112 cm³/mol. The molecule has 0 bridgehead atoms. The van der Waals surface area contributed by atoms with Crippen LogP contribution in [0.4, 0.5) is 5.69 Å². The van der Waals surface area contributed by atoms with Gasteiger partial charge >= 0.3 is 0 Å². The first-order valence-corrected chi connectivity index (χ1v) is 9.74. The number of fused-ring (bicyclic) bond motifs is 1. The van der Waals surface area contributed by atoms with Crippen molar-refractivity contribution in [2.24, 2.45) is 0 Å². The van der Waals surface area contributed by atoms with E-state index >= 15 is 0 Å². The van der Waals surface area contributed by atoms with Crippen LogP contribution >= 0.6 is 0 Å². The summed E-state index contributed by atoms with van der Waals surface area (Å²) >= 11 is 0. The first-order valence-electron chi connectivity index (χ1n) is 9.74. The molecular weight excluding hydrogens is 348 g/mol. The van der Waals surface area contributed by atoms with Crippen molar-refractivity contribution >= 4 is 11.6 Å². The highest BCUT2D eigenvalue weighted by Gasteiger charge is 2.27. The first-order chi connectivity index (χ1) is 13.5. The van der Waals surface area contributed by atoms with Gasteiger partial charge in [-0.15, -0.1) is 0 Å². The molecule has 2 aromatic carbocycles. The average molecular weight is 374 g/mol. The number of nitrogens with zero attached hydrogens (tertiary/aromatic N) is 4. The molecule has 0 radical (unpaired) electrons. The highest BCUT2D eigenvalue weighted by atomic mass is 16.2. The van der Waals surface area contributed by atoms with Gasteiger partial charge in [-0.3, -0.25) is 4.79 Å². The van der Waals surface area contributed by atoms with Crippen LogP contribution in [0.5, 0.6) is 0 Å². The van der Waals surface area contributed by atoms with Crippen LogP contribution in [0.2, 0.25) is 0 Å². The fraction of sp³-hybridized carbons (Fsp3) is 0.304. The number of benzene rings is 2. The van der Waals surface area contributed by atoms with E-state index in [-0.39, 0.29) is 5.91 Å². The van der Waals surface area contributed by atoms with Crippen molar-refractivity contribution in [2.75, 3.05) is 25.5 Å². The van der Waals surface area contributed by atoms with Crippen molar-refractivity contribution in [3.63, 3.8) is 0 Å². The van der Waals surface area contributed by atoms with Gasteiger partial charge in [-0.05, 0) is 75.8 Å². The standard InChI is InChI=1S/C23H26N4O/c1-17-14-16-27(24-17)19-12-10-18(11-13-19)23(28)26-15-6-9-21(25(2)3)20-7-4-5-8-22(20)26/h4-5,7-8,10-14,16,21H,6,9,15H2,1-3H3. The third kappa shape index (κ3) is 3.45. The minimum Gasteiger partial charge on any atom is -0.308 e. The largest absolute Gasteiger partial charge is 0.308 e. The number of para-hydroxylation sites is 1. The normalized spacial score (nSPS) is 16.7. The highest BCUT2D eigenvalue weighted by Crippen LogP contribution is 2.36. The predicted octanol–water partition coefficient (Wildman–Crippen LogP) is 4.22. The molecule has 1 aromatic heterocycles. The number of carbonyl (C=O) groups excluding carboxylic acids is 1. The van der Waals surface area contributed by atoms with Gasteiger partial charge in [0.05, 0.1) is 11.4 Å². The number of carbonyl (C=O) groups is 1. The molecule has 0 spiro atoms. The maximum atomic E-state index is 13.3. The highest BCUT2D eigenvalue weighted by molar-refractivity contribution is 6.06. The first kappa shape index (κ1) is 18.4. The van der Waals surface area contributed by atoms with E-state index in [9.17, 15) is 4.79 Å². The van der Waals surface area contributed by atoms with Gasteiger partial charge in [0.1, 0.15) is 0 Å². The van der Waals surface area contributed by atoms with Crippen molar-refractivity contribution < 1.29 is 4.79 Å². The van der Waals surface area contributed by atoms with Gasteiger partial charge in [-0.2, -0.15) is 5.10 Å². The Hall–Kier alpha value is -2.92. The molecule has 1 unspecified atom stereocenters. The lowest BCUT2D eigenvalue weighted by molar-refractivity contribution is 0.0987. The summed E-state index contributed by atoms with van der Waals surface area (Å²) in [6.45, 7) is 2.70. The molecule has 144 valence electrons. The molecule has 5 heteroatoms. The van der Waals surface area contributed by atoms with Crippen LogP contribution in [0, 0.1) is 6.92 Å². The van der Waals surface area contributed by atoms with Gasteiger partial charge in [-0.25, -0.2) is 4.68 Å². The SMILES string of the molecule is Cc1ccn(-c2ccc(C(=O)N3CCCC(N(C)C)c4ccccc43)cc2)n1. The number of aromatic nitrogens is 2. The van der Waals surface area contributed by atoms with E-state index in [0.29, 0.717) is 11.6 Å². The van der Waals surface area contributed by atoms with E-state index in [1.807, 2.05) is 59.1 Å². The zero-order valence-corrected chi connectivity index (χ0v) is 16.7. The van der Waals surface area contributed by atoms with Gasteiger partial charge in [0.15, 0.2) is 0 Å². The zero-order valence-electron chi connectivity index (χ0n) is 16.7. The van der Waals surface area contributed by atoms with Crippen molar-refractivity contribution in [1.82, 2.24) is 14.7 Å². The van der Waals surface area contributed by atoms with Gasteiger partial charge < -0.3 is 9.80 Å². The fourth-order valence-electron chi connectivity index (χ4n) is 3.95. The quantitative estimate of drug-likeness (QED) is 0.689. The van der Waals surface area contributed by atoms with E-state index in [0.717, 1.165) is 36.5 Å². The Morgan fingerprint density at radius 1 is 1.07 bits per heavy atom. The summed E-state index contributed by atoms with van der Waals surface area (Å²) in [6.07, 6.45) is 3.96. The van der Waals surface area contributed by atoms with Crippen molar-refractivity contribution in [3.8, 4) is 5.69 Å². The molecule has 1 aliphatic rings. The zero-order chi connectivity index (χ0) is 19.7. The second kappa shape index (κ2) is 7.60. The van der Waals surface area contributed by atoms with Gasteiger partial charge in [0.2, 0.25) is 0 Å². The molecule has 0 saturated heterocycles. The van der Waals surface area contributed by atoms with Crippen LogP contribution in [0.15, 0.2) is 60.8 Å². The molecule has 0 aliphatic carbocycles. The van der Waals surface area contributed by atoms with Crippen molar-refractivity contribution in [1.29, 1.82) is 0 Å². The summed E-state index contributed by atoms with van der Waals surface area (Å²) in [5.41, 5.74) is 4.87. The Labute approximate surface area is 166 Å². The Morgan fingerprint density at radius 3 is 2.50 bits per heavy atom. The summed E-state index contributed by atoms with van der Waals surface area (Å²) in [5, 5.41) is 4.43. The third-order valence-corrected chi connectivity index (χ3v) is 5.42. The fourth-order valence-corrected chi connectivity index (χ4v) is 3.95. The van der Waals surface area contributed by atoms with Crippen LogP contribution in [0.1, 0.15) is 40.5 Å². The minimum absolute atomic E-state index is 0.0510. The minimum atomic E-state index is 0.0510. The monoisotopic (exact) mass is 374 g/mol. The summed E-state index contributed by atoms with van der Waals surface area (Å²) in [4.78, 5) is 17.5. The number of hydrogen-bond acceptors (Lipinski definition) is 3. The van der Waals surface area contributed by atoms with Crippen LogP contribution in [0.3, 0.4) is 0 Å². The summed E-state index contributed by atoms with van der Waals surface area (Å²) < 4.78 is 1.83. The third-order valence-electron chi connectivity index (χ3n) is 5.42. The Balaban J connectivity index is 1.64. The van der Waals surface area contributed by atoms with E-state index < -0.39 is 0 Å². The number of amides is 1. The van der Waals surface area contributed by atoms with Crippen LogP contribution in [0.25, 0.3) is 5.69 Å². The van der Waals surface area contributed by atoms with Gasteiger partial charge in [-0.1, -0.05) is 18.2 Å². The molecule has 2 heterocycles. The lowest BCUT2D eigenvalue weighted by atomic mass is 10.0. The topological polar surface area (TPSA) is 41.4 Å². The van der Waals surface area contributed by atoms with E-state index in [1.54, 1.807) is 0 Å². The second-order valence-corrected chi connectivity index (χ2v) is 7.59. The summed E-state index contributed by atoms with van der Waals surface area (Å²) in [5.74, 6) is 0.0510. The van der Waals surface area contributed by atoms with Crippen molar-refractivity contribution in [2.45, 2.75) is 25.8 Å². The number of rotatable bonds is 3. The molecule has 0 N–H and O–H groups in total. The maximum Gasteiger partial charge on any atom is 0.258 e. The van der Waals surface area contributed by atoms with E-state index in [4.69, 9.17) is 0 Å². The molecule has 1 aliphatic heterocycles. The molecule has 1 amide bonds. The molecule has 4 rings (SSSR count). The lowest BCUT2D eigenvalue weighted by Gasteiger charge is -2.27. The van der Waals surface area contributed by atoms with Crippen LogP contribution < -0.4 is 4.90 Å². The second-order valence-electron chi connectivity index (χ2n) is 7.59. The maximum absolute atomic E-state index is 13.3. The Bertz CT molecular complexity index is 974. The Kier molecular flexibility index (Phi) is 5.01. The summed E-state index contributed by atoms with van der Waals surface area (Å²) in [6, 6.07) is 18.3. The summed E-state index contributed by atoms with van der Waals surface area (Å²) in [7, 11) is 4.21.